The van der Waals surface area contributed by atoms with Gasteiger partial charge >= 0.3 is 0 Å². The fourth-order valence-electron chi connectivity index (χ4n) is 2.97. The van der Waals surface area contributed by atoms with E-state index < -0.39 is 6.29 Å². The first-order valence-electron chi connectivity index (χ1n) is 9.63. The number of aliphatic hydroxyl groups excluding tert-OH is 1. The Morgan fingerprint density at radius 1 is 1.03 bits per heavy atom. The molecule has 0 fully saturated rings. The molecule has 156 valence electrons. The van der Waals surface area contributed by atoms with E-state index in [-0.39, 0.29) is 0 Å². The Balaban J connectivity index is 1.41. The highest BCUT2D eigenvalue weighted by molar-refractivity contribution is 7.14. The minimum Gasteiger partial charge on any atom is -0.364 e. The van der Waals surface area contributed by atoms with E-state index in [1.807, 2.05) is 84.2 Å². The third-order valence-corrected chi connectivity index (χ3v) is 5.61. The Kier molecular flexibility index (Phi) is 7.07. The van der Waals surface area contributed by atoms with Crippen LogP contribution in [0.25, 0.3) is 11.3 Å². The van der Waals surface area contributed by atoms with Gasteiger partial charge in [0.2, 0.25) is 5.13 Å². The van der Waals surface area contributed by atoms with Gasteiger partial charge in [-0.15, -0.1) is 11.3 Å². The Morgan fingerprint density at radius 2 is 1.77 bits per heavy atom. The predicted molar refractivity (Wildman–Crippen MR) is 126 cm³/mol. The Bertz CT molecular complexity index is 1160. The minimum atomic E-state index is -1.06. The summed E-state index contributed by atoms with van der Waals surface area (Å²) in [6.07, 6.45) is 0.579. The van der Waals surface area contributed by atoms with Crippen LogP contribution in [0.15, 0.2) is 89.3 Å². The summed E-state index contributed by atoms with van der Waals surface area (Å²) in [6, 6.07) is 24.7. The van der Waals surface area contributed by atoms with Gasteiger partial charge in [-0.1, -0.05) is 84.4 Å². The fourth-order valence-corrected chi connectivity index (χ4v) is 3.86. The van der Waals surface area contributed by atoms with Crippen molar-refractivity contribution >= 4 is 34.3 Å². The van der Waals surface area contributed by atoms with Crippen LogP contribution < -0.4 is 5.43 Å². The second kappa shape index (κ2) is 10.3. The number of hydrogen-bond acceptors (Lipinski definition) is 6. The summed E-state index contributed by atoms with van der Waals surface area (Å²) in [7, 11) is 0. The highest BCUT2D eigenvalue weighted by Crippen LogP contribution is 2.30. The van der Waals surface area contributed by atoms with Crippen LogP contribution in [0, 0.1) is 0 Å². The monoisotopic (exact) mass is 449 g/mol. The molecule has 1 unspecified atom stereocenters. The van der Waals surface area contributed by atoms with Crippen LogP contribution in [0.5, 0.6) is 0 Å². The number of aromatic nitrogens is 1. The fraction of sp³-hybridized carbons (Fsp3) is 0.0833. The highest BCUT2D eigenvalue weighted by Gasteiger charge is 2.12. The van der Waals surface area contributed by atoms with Crippen molar-refractivity contribution in [3.05, 3.63) is 106 Å². The van der Waals surface area contributed by atoms with E-state index in [1.165, 1.54) is 11.3 Å². The van der Waals surface area contributed by atoms with Gasteiger partial charge in [0.15, 0.2) is 6.29 Å². The minimum absolute atomic E-state index is 0.315. The van der Waals surface area contributed by atoms with E-state index in [1.54, 1.807) is 6.21 Å². The molecular weight excluding hydrogens is 430 g/mol. The normalized spacial score (nSPS) is 12.2. The van der Waals surface area contributed by atoms with Gasteiger partial charge in [0.05, 0.1) is 18.5 Å². The molecule has 4 rings (SSSR count). The summed E-state index contributed by atoms with van der Waals surface area (Å²) in [5, 5.41) is 18.0. The molecule has 1 heterocycles. The van der Waals surface area contributed by atoms with Gasteiger partial charge in [-0.25, -0.2) is 4.98 Å². The maximum atomic E-state index is 10.5. The lowest BCUT2D eigenvalue weighted by molar-refractivity contribution is -0.112. The van der Waals surface area contributed by atoms with Gasteiger partial charge in [-0.2, -0.15) is 5.10 Å². The van der Waals surface area contributed by atoms with Gasteiger partial charge in [0, 0.05) is 27.1 Å². The van der Waals surface area contributed by atoms with Gasteiger partial charge < -0.3 is 9.84 Å². The molecule has 0 bridgehead atoms. The van der Waals surface area contributed by atoms with E-state index >= 15 is 0 Å². The summed E-state index contributed by atoms with van der Waals surface area (Å²) >= 11 is 7.68. The van der Waals surface area contributed by atoms with E-state index in [0.29, 0.717) is 22.3 Å². The maximum Gasteiger partial charge on any atom is 0.203 e. The van der Waals surface area contributed by atoms with Crippen molar-refractivity contribution in [2.75, 3.05) is 5.43 Å². The second-order valence-electron chi connectivity index (χ2n) is 6.67. The van der Waals surface area contributed by atoms with Gasteiger partial charge in [0.25, 0.3) is 0 Å². The summed E-state index contributed by atoms with van der Waals surface area (Å²) in [6.45, 7) is 0.315. The van der Waals surface area contributed by atoms with Crippen LogP contribution in [0.4, 0.5) is 5.13 Å². The first-order valence-corrected chi connectivity index (χ1v) is 10.9. The second-order valence-corrected chi connectivity index (χ2v) is 7.93. The number of thiazole rings is 1. The number of nitrogens with one attached hydrogen (secondary N) is 1. The molecule has 7 heteroatoms. The number of nitrogens with zero attached hydrogens (tertiary/aromatic N) is 2. The SMILES string of the molecule is OC(OCc1ccccc1)c1ccccc1/C=N/Nc1nc(-c2ccccc2Cl)cs1. The zero-order chi connectivity index (χ0) is 21.5. The predicted octanol–water partition coefficient (Wildman–Crippen LogP) is 6.12. The van der Waals surface area contributed by atoms with Crippen molar-refractivity contribution in [2.24, 2.45) is 5.10 Å². The third-order valence-electron chi connectivity index (χ3n) is 4.53. The molecule has 1 atom stereocenters. The van der Waals surface area contributed by atoms with Crippen molar-refractivity contribution in [3.8, 4) is 11.3 Å². The van der Waals surface area contributed by atoms with E-state index in [2.05, 4.69) is 15.5 Å². The molecule has 31 heavy (non-hydrogen) atoms. The van der Waals surface area contributed by atoms with Crippen LogP contribution in [0.2, 0.25) is 5.02 Å². The van der Waals surface area contributed by atoms with Gasteiger partial charge in [-0.3, -0.25) is 5.43 Å². The maximum absolute atomic E-state index is 10.5. The van der Waals surface area contributed by atoms with E-state index in [0.717, 1.165) is 22.4 Å². The molecule has 0 aliphatic rings. The first-order chi connectivity index (χ1) is 15.2. The van der Waals surface area contributed by atoms with Crippen LogP contribution in [-0.2, 0) is 11.3 Å². The van der Waals surface area contributed by atoms with Crippen molar-refractivity contribution in [2.45, 2.75) is 12.9 Å². The lowest BCUT2D eigenvalue weighted by atomic mass is 10.1. The van der Waals surface area contributed by atoms with Crippen molar-refractivity contribution in [1.82, 2.24) is 4.98 Å². The molecule has 0 aliphatic heterocycles. The molecule has 2 N–H and O–H groups in total. The first kappa shape index (κ1) is 21.2. The lowest BCUT2D eigenvalue weighted by Crippen LogP contribution is -2.07. The van der Waals surface area contributed by atoms with Gasteiger partial charge in [0.1, 0.15) is 0 Å². The molecule has 4 aromatic rings. The Hall–Kier alpha value is -3.03. The molecular formula is C24H20ClN3O2S. The molecule has 1 aromatic heterocycles. The zero-order valence-electron chi connectivity index (χ0n) is 16.5. The summed E-state index contributed by atoms with van der Waals surface area (Å²) in [4.78, 5) is 4.53. The number of aliphatic hydroxyl groups is 1. The lowest BCUT2D eigenvalue weighted by Gasteiger charge is -2.14. The Morgan fingerprint density at radius 3 is 2.61 bits per heavy atom. The van der Waals surface area contributed by atoms with Crippen molar-refractivity contribution in [1.29, 1.82) is 0 Å². The van der Waals surface area contributed by atoms with Crippen molar-refractivity contribution < 1.29 is 9.84 Å². The topological polar surface area (TPSA) is 66.7 Å². The summed E-state index contributed by atoms with van der Waals surface area (Å²) in [5.74, 6) is 0. The average molecular weight is 450 g/mol. The number of hydrogen-bond donors (Lipinski definition) is 2. The highest BCUT2D eigenvalue weighted by atomic mass is 35.5. The number of benzene rings is 3. The molecule has 0 aliphatic carbocycles. The molecule has 0 spiro atoms. The molecule has 0 saturated carbocycles. The molecule has 3 aromatic carbocycles. The third kappa shape index (κ3) is 5.57. The van der Waals surface area contributed by atoms with Crippen LogP contribution in [0.1, 0.15) is 23.0 Å². The zero-order valence-corrected chi connectivity index (χ0v) is 18.1. The van der Waals surface area contributed by atoms with Crippen LogP contribution in [0.3, 0.4) is 0 Å². The van der Waals surface area contributed by atoms with Crippen LogP contribution in [-0.4, -0.2) is 16.3 Å². The van der Waals surface area contributed by atoms with E-state index in [4.69, 9.17) is 16.3 Å². The molecule has 0 amide bonds. The smallest absolute Gasteiger partial charge is 0.203 e. The number of hydrazone groups is 1. The summed E-state index contributed by atoms with van der Waals surface area (Å²) in [5.41, 5.74) is 6.99. The molecule has 0 saturated heterocycles. The number of halogens is 1. The molecule has 0 radical (unpaired) electrons. The molecule has 5 nitrogen and oxygen atoms in total. The van der Waals surface area contributed by atoms with Crippen molar-refractivity contribution in [3.63, 3.8) is 0 Å². The summed E-state index contributed by atoms with van der Waals surface area (Å²) < 4.78 is 5.63. The Labute approximate surface area is 189 Å². The van der Waals surface area contributed by atoms with Gasteiger partial charge in [-0.05, 0) is 11.6 Å². The standard InChI is InChI=1S/C24H20ClN3O2S/c25-21-13-7-6-12-20(21)22-16-31-24(27-22)28-26-14-18-10-4-5-11-19(18)23(29)30-15-17-8-2-1-3-9-17/h1-14,16,23,29H,15H2,(H,27,28)/b26-14+. The van der Waals surface area contributed by atoms with Crippen LogP contribution >= 0.6 is 22.9 Å². The average Bonchev–Trinajstić information content (AvgIpc) is 3.27. The quantitative estimate of drug-likeness (QED) is 0.193. The number of anilines is 1. The number of ether oxygens (including phenoxy) is 1. The van der Waals surface area contributed by atoms with E-state index in [9.17, 15) is 5.11 Å². The number of rotatable bonds is 8. The largest absolute Gasteiger partial charge is 0.364 e.